The summed E-state index contributed by atoms with van der Waals surface area (Å²) < 4.78 is 30.4. The number of piperazine rings is 1. The molecule has 3 heterocycles. The van der Waals surface area contributed by atoms with E-state index in [-0.39, 0.29) is 29.0 Å². The summed E-state index contributed by atoms with van der Waals surface area (Å²) in [5.74, 6) is -1.42. The molecule has 10 heteroatoms. The Morgan fingerprint density at radius 3 is 2.07 bits per heavy atom. The molecule has 158 valence electrons. The molecule has 0 aliphatic carbocycles. The van der Waals surface area contributed by atoms with Gasteiger partial charge in [-0.05, 0) is 36.4 Å². The van der Waals surface area contributed by atoms with Gasteiger partial charge in [0.15, 0.2) is 5.76 Å². The highest BCUT2D eigenvalue weighted by Gasteiger charge is 2.42. The first kappa shape index (κ1) is 20.1. The average Bonchev–Trinajstić information content (AvgIpc) is 3.34. The van der Waals surface area contributed by atoms with Crippen LogP contribution >= 0.6 is 0 Å². The Bertz CT molecular complexity index is 1070. The minimum absolute atomic E-state index is 0.206. The fourth-order valence-corrected chi connectivity index (χ4v) is 5.50. The largest absolute Gasteiger partial charge is 0.459 e. The van der Waals surface area contributed by atoms with Crippen molar-refractivity contribution < 1.29 is 27.2 Å². The highest BCUT2D eigenvalue weighted by molar-refractivity contribution is 7.94. The van der Waals surface area contributed by atoms with Crippen LogP contribution in [0.5, 0.6) is 0 Å². The number of rotatable bonds is 3. The molecule has 0 spiro atoms. The maximum Gasteiger partial charge on any atom is 0.289 e. The van der Waals surface area contributed by atoms with Gasteiger partial charge in [-0.15, -0.1) is 0 Å². The topological polar surface area (TPSA) is 108 Å². The van der Waals surface area contributed by atoms with Gasteiger partial charge in [-0.25, -0.2) is 12.7 Å². The third kappa shape index (κ3) is 3.58. The second-order valence-corrected chi connectivity index (χ2v) is 9.25. The molecule has 0 radical (unpaired) electrons. The number of carbonyl (C=O) groups excluding carboxylic acids is 3. The van der Waals surface area contributed by atoms with Crippen LogP contribution in [-0.4, -0.2) is 67.9 Å². The normalized spacial score (nSPS) is 21.2. The van der Waals surface area contributed by atoms with E-state index in [9.17, 15) is 22.8 Å². The first-order valence-electron chi connectivity index (χ1n) is 9.57. The molecule has 0 bridgehead atoms. The van der Waals surface area contributed by atoms with Crippen LogP contribution in [0.1, 0.15) is 27.8 Å². The van der Waals surface area contributed by atoms with Crippen LogP contribution < -0.4 is 4.31 Å². The minimum Gasteiger partial charge on any atom is -0.459 e. The van der Waals surface area contributed by atoms with Crippen LogP contribution in [0.3, 0.4) is 0 Å². The lowest BCUT2D eigenvalue weighted by atomic mass is 10.1. The van der Waals surface area contributed by atoms with Gasteiger partial charge < -0.3 is 14.2 Å². The number of amides is 3. The van der Waals surface area contributed by atoms with Crippen molar-refractivity contribution in [2.45, 2.75) is 6.92 Å². The fraction of sp³-hybridized carbons (Fsp3) is 0.350. The van der Waals surface area contributed by atoms with Gasteiger partial charge in [-0.3, -0.25) is 14.4 Å². The number of furan rings is 1. The van der Waals surface area contributed by atoms with E-state index in [0.29, 0.717) is 31.7 Å². The molecular weight excluding hydrogens is 410 g/mol. The molecule has 1 aromatic heterocycles. The lowest BCUT2D eigenvalue weighted by Gasteiger charge is -2.34. The second-order valence-electron chi connectivity index (χ2n) is 7.39. The van der Waals surface area contributed by atoms with Crippen LogP contribution in [0.25, 0.3) is 0 Å². The van der Waals surface area contributed by atoms with Crippen molar-refractivity contribution in [2.75, 3.05) is 36.2 Å². The summed E-state index contributed by atoms with van der Waals surface area (Å²) >= 11 is 0. The minimum atomic E-state index is -3.68. The van der Waals surface area contributed by atoms with Gasteiger partial charge in [-0.1, -0.05) is 6.92 Å². The van der Waals surface area contributed by atoms with Crippen LogP contribution in [0.15, 0.2) is 47.1 Å². The fourth-order valence-electron chi connectivity index (χ4n) is 3.68. The third-order valence-electron chi connectivity index (χ3n) is 5.30. The molecule has 2 fully saturated rings. The van der Waals surface area contributed by atoms with Gasteiger partial charge in [-0.2, -0.15) is 0 Å². The molecule has 0 unspecified atom stereocenters. The zero-order valence-corrected chi connectivity index (χ0v) is 17.2. The highest BCUT2D eigenvalue weighted by Crippen LogP contribution is 2.28. The molecule has 1 atom stereocenters. The Labute approximate surface area is 173 Å². The number of hydrogen-bond acceptors (Lipinski definition) is 6. The number of sulfonamides is 1. The molecule has 9 nitrogen and oxygen atoms in total. The molecule has 0 saturated carbocycles. The van der Waals surface area contributed by atoms with Crippen molar-refractivity contribution in [3.63, 3.8) is 0 Å². The molecule has 2 aromatic rings. The molecule has 2 saturated heterocycles. The van der Waals surface area contributed by atoms with E-state index in [4.69, 9.17) is 4.42 Å². The summed E-state index contributed by atoms with van der Waals surface area (Å²) in [7, 11) is -3.68. The number of anilines is 1. The Morgan fingerprint density at radius 1 is 0.967 bits per heavy atom. The zero-order valence-electron chi connectivity index (χ0n) is 16.4. The highest BCUT2D eigenvalue weighted by atomic mass is 32.2. The molecule has 0 N–H and O–H groups in total. The predicted octanol–water partition coefficient (Wildman–Crippen LogP) is 1.19. The third-order valence-corrected chi connectivity index (χ3v) is 7.16. The molecule has 2 aliphatic heterocycles. The summed E-state index contributed by atoms with van der Waals surface area (Å²) in [6.45, 7) is 3.12. The van der Waals surface area contributed by atoms with E-state index in [1.807, 2.05) is 0 Å². The van der Waals surface area contributed by atoms with Crippen molar-refractivity contribution in [3.05, 3.63) is 54.0 Å². The summed E-state index contributed by atoms with van der Waals surface area (Å²) in [6.07, 6.45) is 1.44. The van der Waals surface area contributed by atoms with E-state index in [1.54, 1.807) is 28.9 Å². The van der Waals surface area contributed by atoms with Gasteiger partial charge in [0.1, 0.15) is 0 Å². The van der Waals surface area contributed by atoms with Gasteiger partial charge in [0.2, 0.25) is 15.9 Å². The zero-order chi connectivity index (χ0) is 21.5. The quantitative estimate of drug-likeness (QED) is 0.722. The van der Waals surface area contributed by atoms with Crippen LogP contribution in [-0.2, 0) is 14.8 Å². The number of carbonyl (C=O) groups is 3. The monoisotopic (exact) mass is 431 g/mol. The molecule has 30 heavy (non-hydrogen) atoms. The first-order chi connectivity index (χ1) is 14.3. The predicted molar refractivity (Wildman–Crippen MR) is 107 cm³/mol. The van der Waals surface area contributed by atoms with Crippen LogP contribution in [0, 0.1) is 5.92 Å². The smallest absolute Gasteiger partial charge is 0.289 e. The second kappa shape index (κ2) is 7.60. The molecule has 2 aliphatic rings. The van der Waals surface area contributed by atoms with E-state index < -0.39 is 21.8 Å². The maximum atomic E-state index is 12.8. The number of benzene rings is 1. The van der Waals surface area contributed by atoms with E-state index in [2.05, 4.69) is 0 Å². The maximum absolute atomic E-state index is 12.8. The molecule has 3 amide bonds. The van der Waals surface area contributed by atoms with Gasteiger partial charge in [0, 0.05) is 31.7 Å². The first-order valence-corrected chi connectivity index (χ1v) is 11.2. The Hall–Kier alpha value is -3.14. The van der Waals surface area contributed by atoms with Gasteiger partial charge in [0.05, 0.1) is 23.6 Å². The van der Waals surface area contributed by atoms with Crippen LogP contribution in [0.4, 0.5) is 5.69 Å². The van der Waals surface area contributed by atoms with E-state index >= 15 is 0 Å². The van der Waals surface area contributed by atoms with Gasteiger partial charge in [0.25, 0.3) is 11.8 Å². The van der Waals surface area contributed by atoms with Gasteiger partial charge >= 0.3 is 0 Å². The lowest BCUT2D eigenvalue weighted by Crippen LogP contribution is -2.50. The van der Waals surface area contributed by atoms with Crippen molar-refractivity contribution in [1.29, 1.82) is 0 Å². The summed E-state index contributed by atoms with van der Waals surface area (Å²) in [5.41, 5.74) is 0.622. The summed E-state index contributed by atoms with van der Waals surface area (Å²) in [6, 6.07) is 9.23. The van der Waals surface area contributed by atoms with Crippen LogP contribution in [0.2, 0.25) is 0 Å². The Kier molecular flexibility index (Phi) is 5.10. The molecule has 4 rings (SSSR count). The van der Waals surface area contributed by atoms with Crippen molar-refractivity contribution in [1.82, 2.24) is 9.80 Å². The van der Waals surface area contributed by atoms with Crippen molar-refractivity contribution >= 4 is 33.4 Å². The van der Waals surface area contributed by atoms with E-state index in [1.165, 1.54) is 30.5 Å². The Balaban J connectivity index is 1.41. The standard InChI is InChI=1S/C20H21N3O6S/c1-14-13-30(27,28)23(18(14)24)16-6-4-15(5-7-16)19(25)21-8-10-22(11-9-21)20(26)17-3-2-12-29-17/h2-7,12,14H,8-11,13H2,1H3/t14-/m0/s1. The summed E-state index contributed by atoms with van der Waals surface area (Å²) in [5, 5.41) is 0. The number of hydrogen-bond donors (Lipinski definition) is 0. The number of nitrogens with zero attached hydrogens (tertiary/aromatic N) is 3. The van der Waals surface area contributed by atoms with Crippen molar-refractivity contribution in [2.24, 2.45) is 5.92 Å². The lowest BCUT2D eigenvalue weighted by molar-refractivity contribution is -0.119. The molecular formula is C20H21N3O6S. The Morgan fingerprint density at radius 2 is 1.57 bits per heavy atom. The average molecular weight is 431 g/mol. The summed E-state index contributed by atoms with van der Waals surface area (Å²) in [4.78, 5) is 40.6. The van der Waals surface area contributed by atoms with Crippen molar-refractivity contribution in [3.8, 4) is 0 Å². The molecule has 1 aromatic carbocycles. The van der Waals surface area contributed by atoms with E-state index in [0.717, 1.165) is 4.31 Å². The SMILES string of the molecule is C[C@H]1CS(=O)(=O)N(c2ccc(C(=O)N3CCN(C(=O)c4ccco4)CC3)cc2)C1=O.